The zero-order chi connectivity index (χ0) is 13.8. The summed E-state index contributed by atoms with van der Waals surface area (Å²) in [5, 5.41) is 12.0. The van der Waals surface area contributed by atoms with Crippen LogP contribution < -0.4 is 10.1 Å². The van der Waals surface area contributed by atoms with E-state index >= 15 is 0 Å². The number of rotatable bonds is 7. The van der Waals surface area contributed by atoms with Crippen LogP contribution in [-0.2, 0) is 4.79 Å². The number of ether oxygens (including phenoxy) is 1. The van der Waals surface area contributed by atoms with Crippen LogP contribution in [0.2, 0.25) is 0 Å². The Morgan fingerprint density at radius 2 is 2.32 bits per heavy atom. The van der Waals surface area contributed by atoms with Gasteiger partial charge in [0.1, 0.15) is 0 Å². The summed E-state index contributed by atoms with van der Waals surface area (Å²) in [5.74, 6) is 0.530. The van der Waals surface area contributed by atoms with E-state index in [-0.39, 0.29) is 18.6 Å². The highest BCUT2D eigenvalue weighted by Gasteiger charge is 2.33. The van der Waals surface area contributed by atoms with E-state index in [1.165, 1.54) is 0 Å². The lowest BCUT2D eigenvalue weighted by Crippen LogP contribution is -2.26. The minimum Gasteiger partial charge on any atom is -0.481 e. The summed E-state index contributed by atoms with van der Waals surface area (Å²) >= 11 is 0. The van der Waals surface area contributed by atoms with Crippen molar-refractivity contribution in [2.75, 3.05) is 5.32 Å². The van der Waals surface area contributed by atoms with Crippen LogP contribution in [0.25, 0.3) is 0 Å². The normalized spacial score (nSPS) is 16.2. The fraction of sp³-hybridized carbons (Fsp3) is 0.615. The second-order valence-corrected chi connectivity index (χ2v) is 5.07. The van der Waals surface area contributed by atoms with Gasteiger partial charge in [0.2, 0.25) is 11.8 Å². The van der Waals surface area contributed by atoms with Crippen LogP contribution in [0.5, 0.6) is 5.88 Å². The molecule has 1 heterocycles. The third kappa shape index (κ3) is 4.39. The number of aliphatic carboxylic acids is 1. The molecule has 0 aromatic carbocycles. The Labute approximate surface area is 112 Å². The van der Waals surface area contributed by atoms with E-state index < -0.39 is 5.97 Å². The number of aromatic nitrogens is 2. The summed E-state index contributed by atoms with van der Waals surface area (Å²) in [6.45, 7) is 3.85. The third-order valence-electron chi connectivity index (χ3n) is 2.89. The Kier molecular flexibility index (Phi) is 4.19. The number of hydrogen-bond donors (Lipinski definition) is 2. The highest BCUT2D eigenvalue weighted by Crippen LogP contribution is 2.35. The molecule has 2 N–H and O–H groups in total. The molecular formula is C13H19N3O3. The molecule has 1 fully saturated rings. The highest BCUT2D eigenvalue weighted by molar-refractivity contribution is 5.68. The number of carboxylic acid groups (broad SMARTS) is 1. The number of hydrogen-bond acceptors (Lipinski definition) is 5. The van der Waals surface area contributed by atoms with Crippen LogP contribution in [0.4, 0.5) is 5.95 Å². The van der Waals surface area contributed by atoms with Crippen LogP contribution in [0, 0.1) is 5.92 Å². The molecule has 1 aliphatic carbocycles. The Balaban J connectivity index is 2.01. The van der Waals surface area contributed by atoms with Gasteiger partial charge in [0, 0.05) is 18.3 Å². The molecule has 19 heavy (non-hydrogen) atoms. The smallest absolute Gasteiger partial charge is 0.305 e. The molecule has 1 atom stereocenters. The first kappa shape index (κ1) is 13.6. The van der Waals surface area contributed by atoms with E-state index in [0.29, 0.717) is 17.7 Å². The van der Waals surface area contributed by atoms with E-state index in [2.05, 4.69) is 15.3 Å². The van der Waals surface area contributed by atoms with Crippen LogP contribution >= 0.6 is 0 Å². The minimum atomic E-state index is -0.806. The van der Waals surface area contributed by atoms with Gasteiger partial charge in [-0.25, -0.2) is 4.98 Å². The lowest BCUT2D eigenvalue weighted by Gasteiger charge is -2.16. The lowest BCUT2D eigenvalue weighted by atomic mass is 10.1. The second-order valence-electron chi connectivity index (χ2n) is 5.07. The zero-order valence-electron chi connectivity index (χ0n) is 11.2. The molecule has 0 saturated heterocycles. The maximum Gasteiger partial charge on any atom is 0.305 e. The second kappa shape index (κ2) is 5.86. The van der Waals surface area contributed by atoms with Crippen molar-refractivity contribution in [3.05, 3.63) is 12.3 Å². The van der Waals surface area contributed by atoms with E-state index in [1.54, 1.807) is 12.3 Å². The summed E-state index contributed by atoms with van der Waals surface area (Å²) in [6.07, 6.45) is 3.86. The van der Waals surface area contributed by atoms with E-state index in [9.17, 15) is 4.79 Å². The van der Waals surface area contributed by atoms with Crippen LogP contribution in [0.1, 0.15) is 33.1 Å². The molecule has 6 nitrogen and oxygen atoms in total. The molecular weight excluding hydrogens is 246 g/mol. The van der Waals surface area contributed by atoms with Crippen molar-refractivity contribution in [2.45, 2.75) is 45.3 Å². The summed E-state index contributed by atoms with van der Waals surface area (Å²) in [4.78, 5) is 19.2. The predicted molar refractivity (Wildman–Crippen MR) is 70.2 cm³/mol. The summed E-state index contributed by atoms with van der Waals surface area (Å²) in [6, 6.07) is 1.58. The van der Waals surface area contributed by atoms with Crippen LogP contribution in [0.15, 0.2) is 12.3 Å². The highest BCUT2D eigenvalue weighted by atomic mass is 16.5. The largest absolute Gasteiger partial charge is 0.481 e. The maximum absolute atomic E-state index is 10.8. The molecule has 0 bridgehead atoms. The number of nitrogens with zero attached hydrogens (tertiary/aromatic N) is 2. The van der Waals surface area contributed by atoms with Gasteiger partial charge in [-0.05, 0) is 32.6 Å². The van der Waals surface area contributed by atoms with Gasteiger partial charge >= 0.3 is 5.97 Å². The Morgan fingerprint density at radius 3 is 2.89 bits per heavy atom. The van der Waals surface area contributed by atoms with E-state index in [4.69, 9.17) is 9.84 Å². The van der Waals surface area contributed by atoms with Crippen molar-refractivity contribution in [1.82, 2.24) is 9.97 Å². The van der Waals surface area contributed by atoms with Crippen molar-refractivity contribution < 1.29 is 14.6 Å². The molecule has 0 amide bonds. The third-order valence-corrected chi connectivity index (χ3v) is 2.89. The molecule has 1 aliphatic rings. The van der Waals surface area contributed by atoms with Gasteiger partial charge in [-0.2, -0.15) is 4.98 Å². The molecule has 2 rings (SSSR count). The van der Waals surface area contributed by atoms with Crippen molar-refractivity contribution in [3.8, 4) is 5.88 Å². The Bertz CT molecular complexity index is 447. The predicted octanol–water partition coefficient (Wildman–Crippen LogP) is 1.93. The molecule has 1 aromatic rings. The van der Waals surface area contributed by atoms with E-state index in [0.717, 1.165) is 12.8 Å². The first-order chi connectivity index (χ1) is 9.04. The number of carboxylic acids is 1. The molecule has 1 saturated carbocycles. The SMILES string of the molecule is CC(C)Oc1ccnc(NC(CC(=O)O)C2CC2)n1. The fourth-order valence-electron chi connectivity index (χ4n) is 1.91. The van der Waals surface area contributed by atoms with Gasteiger partial charge in [-0.1, -0.05) is 0 Å². The van der Waals surface area contributed by atoms with E-state index in [1.807, 2.05) is 13.8 Å². The molecule has 104 valence electrons. The van der Waals surface area contributed by atoms with Gasteiger partial charge in [0.15, 0.2) is 0 Å². The molecule has 6 heteroatoms. The minimum absolute atomic E-state index is 0.0426. The fourth-order valence-corrected chi connectivity index (χ4v) is 1.91. The van der Waals surface area contributed by atoms with Gasteiger partial charge in [0.05, 0.1) is 12.5 Å². The van der Waals surface area contributed by atoms with Crippen molar-refractivity contribution in [1.29, 1.82) is 0 Å². The van der Waals surface area contributed by atoms with Crippen LogP contribution in [-0.4, -0.2) is 33.2 Å². The average molecular weight is 265 g/mol. The summed E-state index contributed by atoms with van der Waals surface area (Å²) < 4.78 is 5.49. The molecule has 0 spiro atoms. The molecule has 0 radical (unpaired) electrons. The first-order valence-electron chi connectivity index (χ1n) is 6.52. The molecule has 1 aromatic heterocycles. The van der Waals surface area contributed by atoms with Crippen LogP contribution in [0.3, 0.4) is 0 Å². The molecule has 1 unspecified atom stereocenters. The standard InChI is InChI=1S/C13H19N3O3/c1-8(2)19-11-5-6-14-13(16-11)15-10(7-12(17)18)9-3-4-9/h5-6,8-10H,3-4,7H2,1-2H3,(H,17,18)(H,14,15,16). The lowest BCUT2D eigenvalue weighted by molar-refractivity contribution is -0.137. The van der Waals surface area contributed by atoms with Gasteiger partial charge in [-0.15, -0.1) is 0 Å². The number of anilines is 1. The van der Waals surface area contributed by atoms with Crippen molar-refractivity contribution in [2.24, 2.45) is 5.92 Å². The van der Waals surface area contributed by atoms with Crippen molar-refractivity contribution >= 4 is 11.9 Å². The number of carbonyl (C=O) groups is 1. The topological polar surface area (TPSA) is 84.3 Å². The Hall–Kier alpha value is -1.85. The van der Waals surface area contributed by atoms with Gasteiger partial charge in [0.25, 0.3) is 0 Å². The molecule has 0 aliphatic heterocycles. The first-order valence-corrected chi connectivity index (χ1v) is 6.52. The van der Waals surface area contributed by atoms with Gasteiger partial charge < -0.3 is 15.2 Å². The zero-order valence-corrected chi connectivity index (χ0v) is 11.2. The Morgan fingerprint density at radius 1 is 1.58 bits per heavy atom. The summed E-state index contributed by atoms with van der Waals surface area (Å²) in [7, 11) is 0. The number of nitrogens with one attached hydrogen (secondary N) is 1. The van der Waals surface area contributed by atoms with Crippen molar-refractivity contribution in [3.63, 3.8) is 0 Å². The maximum atomic E-state index is 10.8. The quantitative estimate of drug-likeness (QED) is 0.783. The average Bonchev–Trinajstić information content (AvgIpc) is 3.10. The monoisotopic (exact) mass is 265 g/mol. The van der Waals surface area contributed by atoms with Gasteiger partial charge in [-0.3, -0.25) is 4.79 Å². The summed E-state index contributed by atoms with van der Waals surface area (Å²) in [5.41, 5.74) is 0.